The number of aromatic nitrogens is 2. The molecule has 1 aromatic rings. The normalized spacial score (nSPS) is 11.5. The molecular weight excluding hydrogens is 350 g/mol. The summed E-state index contributed by atoms with van der Waals surface area (Å²) in [5, 5.41) is 5.45. The molecule has 1 heterocycles. The predicted octanol–water partition coefficient (Wildman–Crippen LogP) is 3.11. The lowest BCUT2D eigenvalue weighted by Gasteiger charge is -2.19. The molecular formula is C16H24F2N4O4. The van der Waals surface area contributed by atoms with Crippen LogP contribution < -0.4 is 5.32 Å². The second-order valence-corrected chi connectivity index (χ2v) is 6.21. The first-order valence-corrected chi connectivity index (χ1v) is 8.48. The van der Waals surface area contributed by atoms with Gasteiger partial charge in [-0.25, -0.2) is 13.6 Å². The van der Waals surface area contributed by atoms with Gasteiger partial charge in [0, 0.05) is 18.9 Å². The van der Waals surface area contributed by atoms with Crippen LogP contribution in [0.25, 0.3) is 0 Å². The molecule has 0 aromatic carbocycles. The fraction of sp³-hybridized carbons (Fsp3) is 0.688. The van der Waals surface area contributed by atoms with Crippen molar-refractivity contribution in [3.05, 3.63) is 11.7 Å². The summed E-state index contributed by atoms with van der Waals surface area (Å²) in [5.74, 6) is -5.46. The van der Waals surface area contributed by atoms with Crippen LogP contribution in [0.4, 0.5) is 13.6 Å². The van der Waals surface area contributed by atoms with E-state index in [9.17, 15) is 23.2 Å². The zero-order chi connectivity index (χ0) is 19.9. The number of amides is 4. The summed E-state index contributed by atoms with van der Waals surface area (Å²) in [7, 11) is 0. The van der Waals surface area contributed by atoms with Crippen LogP contribution >= 0.6 is 0 Å². The first-order valence-electron chi connectivity index (χ1n) is 8.48. The number of nitrogens with zero attached hydrogens (tertiary/aromatic N) is 3. The highest BCUT2D eigenvalue weighted by Crippen LogP contribution is 2.24. The first-order chi connectivity index (χ1) is 12.1. The second kappa shape index (κ2) is 9.35. The quantitative estimate of drug-likeness (QED) is 0.749. The molecule has 8 nitrogen and oxygen atoms in total. The summed E-state index contributed by atoms with van der Waals surface area (Å²) in [6, 6.07) is -1.10. The van der Waals surface area contributed by atoms with Crippen molar-refractivity contribution in [3.63, 3.8) is 0 Å². The van der Waals surface area contributed by atoms with Gasteiger partial charge >= 0.3 is 17.8 Å². The molecule has 4 amide bonds. The van der Waals surface area contributed by atoms with Crippen molar-refractivity contribution >= 4 is 17.8 Å². The van der Waals surface area contributed by atoms with Crippen molar-refractivity contribution in [2.45, 2.75) is 65.2 Å². The van der Waals surface area contributed by atoms with Crippen LogP contribution in [-0.4, -0.2) is 45.4 Å². The largest absolute Gasteiger partial charge is 0.331 e. The third-order valence-electron chi connectivity index (χ3n) is 3.36. The van der Waals surface area contributed by atoms with E-state index < -0.39 is 42.5 Å². The van der Waals surface area contributed by atoms with Crippen molar-refractivity contribution in [2.24, 2.45) is 0 Å². The van der Waals surface area contributed by atoms with Crippen molar-refractivity contribution in [3.8, 4) is 0 Å². The molecule has 146 valence electrons. The van der Waals surface area contributed by atoms with Gasteiger partial charge in [-0.1, -0.05) is 39.3 Å². The molecule has 0 aliphatic carbocycles. The van der Waals surface area contributed by atoms with E-state index in [0.29, 0.717) is 17.1 Å². The summed E-state index contributed by atoms with van der Waals surface area (Å²) in [5.41, 5.74) is 0. The molecule has 10 heteroatoms. The molecule has 0 aliphatic rings. The van der Waals surface area contributed by atoms with Crippen LogP contribution in [0, 0.1) is 0 Å². The molecule has 26 heavy (non-hydrogen) atoms. The smallest absolute Gasteiger partial charge is 0.329 e. The Morgan fingerprint density at radius 1 is 1.23 bits per heavy atom. The van der Waals surface area contributed by atoms with Gasteiger partial charge in [0.2, 0.25) is 5.91 Å². The number of hydrogen-bond donors (Lipinski definition) is 1. The van der Waals surface area contributed by atoms with Gasteiger partial charge in [-0.2, -0.15) is 4.98 Å². The lowest BCUT2D eigenvalue weighted by atomic mass is 10.1. The van der Waals surface area contributed by atoms with E-state index in [1.165, 1.54) is 0 Å². The number of imide groups is 2. The van der Waals surface area contributed by atoms with Gasteiger partial charge in [-0.15, -0.1) is 0 Å². The Morgan fingerprint density at radius 3 is 2.38 bits per heavy atom. The highest BCUT2D eigenvalue weighted by Gasteiger charge is 2.34. The number of rotatable bonds is 8. The maximum atomic E-state index is 13.5. The van der Waals surface area contributed by atoms with E-state index in [0.717, 1.165) is 0 Å². The van der Waals surface area contributed by atoms with E-state index in [1.807, 2.05) is 5.32 Å². The van der Waals surface area contributed by atoms with Crippen LogP contribution in [0.2, 0.25) is 0 Å². The number of carbonyl (C=O) groups is 3. The van der Waals surface area contributed by atoms with Gasteiger partial charge in [0.25, 0.3) is 5.92 Å². The maximum absolute atomic E-state index is 13.5. The zero-order valence-electron chi connectivity index (χ0n) is 15.3. The third kappa shape index (κ3) is 6.16. The first kappa shape index (κ1) is 21.7. The number of alkyl halides is 2. The van der Waals surface area contributed by atoms with Gasteiger partial charge in [-0.3, -0.25) is 19.8 Å². The molecule has 0 spiro atoms. The molecule has 1 aromatic heterocycles. The highest BCUT2D eigenvalue weighted by atomic mass is 19.3. The van der Waals surface area contributed by atoms with Crippen LogP contribution in [0.5, 0.6) is 0 Å². The Bertz CT molecular complexity index is 646. The second-order valence-electron chi connectivity index (χ2n) is 6.21. The van der Waals surface area contributed by atoms with E-state index in [1.54, 1.807) is 27.7 Å². The summed E-state index contributed by atoms with van der Waals surface area (Å²) in [6.07, 6.45) is -1.00. The summed E-state index contributed by atoms with van der Waals surface area (Å²) in [6.45, 7) is 6.82. The van der Waals surface area contributed by atoms with E-state index in [4.69, 9.17) is 4.52 Å². The lowest BCUT2D eigenvalue weighted by Crippen LogP contribution is -2.47. The molecule has 0 radical (unpaired) electrons. The maximum Gasteiger partial charge on any atom is 0.331 e. The Labute approximate surface area is 150 Å². The predicted molar refractivity (Wildman–Crippen MR) is 87.7 cm³/mol. The Balaban J connectivity index is 2.82. The number of carbonyl (C=O) groups excluding carboxylic acids is 3. The summed E-state index contributed by atoms with van der Waals surface area (Å²) < 4.78 is 31.8. The Hall–Kier alpha value is -2.39. The summed E-state index contributed by atoms with van der Waals surface area (Å²) in [4.78, 5) is 40.9. The van der Waals surface area contributed by atoms with Crippen molar-refractivity contribution in [1.29, 1.82) is 0 Å². The molecule has 1 N–H and O–H groups in total. The van der Waals surface area contributed by atoms with Crippen molar-refractivity contribution < 1.29 is 27.7 Å². The molecule has 0 atom stereocenters. The fourth-order valence-electron chi connectivity index (χ4n) is 2.11. The molecule has 0 aliphatic heterocycles. The van der Waals surface area contributed by atoms with E-state index >= 15 is 0 Å². The number of hydrogen-bond acceptors (Lipinski definition) is 6. The molecule has 0 saturated carbocycles. The lowest BCUT2D eigenvalue weighted by molar-refractivity contribution is -0.127. The third-order valence-corrected chi connectivity index (χ3v) is 3.36. The van der Waals surface area contributed by atoms with Gasteiger partial charge in [0.1, 0.15) is 0 Å². The Kier molecular flexibility index (Phi) is 7.78. The van der Waals surface area contributed by atoms with Crippen LogP contribution in [-0.2, 0) is 4.79 Å². The standard InChI is InChI=1S/C16H24F2N4O4/c1-5-7-16(17,18)9-11(23)19-15(25)22(8-6-2)14(24)13-20-12(10(3)4)21-26-13/h10H,5-9H2,1-4H3,(H,19,23,25). The number of halogens is 2. The molecule has 0 saturated heterocycles. The minimum absolute atomic E-state index is 0.0390. The minimum atomic E-state index is -3.21. The molecule has 1 rings (SSSR count). The highest BCUT2D eigenvalue weighted by molar-refractivity contribution is 6.06. The van der Waals surface area contributed by atoms with Gasteiger partial charge < -0.3 is 4.52 Å². The molecule has 0 fully saturated rings. The number of nitrogens with one attached hydrogen (secondary N) is 1. The number of urea groups is 1. The fourth-order valence-corrected chi connectivity index (χ4v) is 2.11. The minimum Gasteiger partial charge on any atom is -0.329 e. The monoisotopic (exact) mass is 374 g/mol. The topological polar surface area (TPSA) is 105 Å². The average molecular weight is 374 g/mol. The molecule has 0 bridgehead atoms. The van der Waals surface area contributed by atoms with Crippen LogP contribution in [0.3, 0.4) is 0 Å². The van der Waals surface area contributed by atoms with Crippen LogP contribution in [0.15, 0.2) is 4.52 Å². The summed E-state index contributed by atoms with van der Waals surface area (Å²) >= 11 is 0. The van der Waals surface area contributed by atoms with Crippen molar-refractivity contribution in [2.75, 3.05) is 6.54 Å². The average Bonchev–Trinajstić information content (AvgIpc) is 3.01. The van der Waals surface area contributed by atoms with E-state index in [-0.39, 0.29) is 18.9 Å². The molecule has 0 unspecified atom stereocenters. The Morgan fingerprint density at radius 2 is 1.88 bits per heavy atom. The van der Waals surface area contributed by atoms with Gasteiger partial charge in [-0.05, 0) is 6.42 Å². The van der Waals surface area contributed by atoms with Crippen molar-refractivity contribution in [1.82, 2.24) is 20.4 Å². The van der Waals surface area contributed by atoms with Crippen LogP contribution in [0.1, 0.15) is 75.8 Å². The van der Waals surface area contributed by atoms with E-state index in [2.05, 4.69) is 10.1 Å². The van der Waals surface area contributed by atoms with Gasteiger partial charge in [0.15, 0.2) is 5.82 Å². The SMILES string of the molecule is CCCN(C(=O)NC(=O)CC(F)(F)CCC)C(=O)c1nc(C(C)C)no1. The van der Waals surface area contributed by atoms with Gasteiger partial charge in [0.05, 0.1) is 6.42 Å². The zero-order valence-corrected chi connectivity index (χ0v) is 15.3.